The number of carboxylic acids is 1. The number of benzene rings is 1. The Bertz CT molecular complexity index is 322. The minimum atomic E-state index is -0.803. The van der Waals surface area contributed by atoms with Gasteiger partial charge in [0.25, 0.3) is 0 Å². The Morgan fingerprint density at radius 3 is 2.47 bits per heavy atom. The summed E-state index contributed by atoms with van der Waals surface area (Å²) in [5.41, 5.74) is 13.1. The lowest BCUT2D eigenvalue weighted by molar-refractivity contribution is -0.137. The minimum absolute atomic E-state index is 0.107. The highest BCUT2D eigenvalue weighted by Crippen LogP contribution is 2.09. The van der Waals surface area contributed by atoms with Crippen LogP contribution in [0.2, 0.25) is 0 Å². The van der Waals surface area contributed by atoms with Crippen molar-refractivity contribution in [3.63, 3.8) is 0 Å². The van der Waals surface area contributed by atoms with E-state index in [1.807, 2.05) is 24.3 Å². The van der Waals surface area contributed by atoms with Crippen LogP contribution in [0, 0.1) is 0 Å². The molecule has 0 heterocycles. The van der Waals surface area contributed by atoms with Gasteiger partial charge in [-0.3, -0.25) is 4.79 Å². The molecule has 0 bridgehead atoms. The number of hydrogen-bond acceptors (Lipinski definition) is 3. The maximum absolute atomic E-state index is 10.3. The summed E-state index contributed by atoms with van der Waals surface area (Å²) in [7, 11) is 0. The normalized spacial score (nSPS) is 12.3. The number of nitrogens with two attached hydrogens (primary N) is 2. The lowest BCUT2D eigenvalue weighted by Gasteiger charge is -2.10. The summed E-state index contributed by atoms with van der Waals surface area (Å²) in [5.74, 6) is -0.803. The highest BCUT2D eigenvalue weighted by molar-refractivity contribution is 5.66. The van der Waals surface area contributed by atoms with E-state index in [0.717, 1.165) is 11.3 Å². The first-order chi connectivity index (χ1) is 7.08. The Labute approximate surface area is 88.9 Å². The zero-order valence-electron chi connectivity index (χ0n) is 8.52. The van der Waals surface area contributed by atoms with Crippen LogP contribution < -0.4 is 11.5 Å². The molecule has 0 unspecified atom stereocenters. The van der Waals surface area contributed by atoms with Gasteiger partial charge in [-0.25, -0.2) is 0 Å². The molecule has 1 atom stereocenters. The van der Waals surface area contributed by atoms with Gasteiger partial charge in [-0.2, -0.15) is 0 Å². The zero-order chi connectivity index (χ0) is 11.3. The third-order valence-electron chi connectivity index (χ3n) is 2.21. The molecule has 5 N–H and O–H groups in total. The fourth-order valence-corrected chi connectivity index (χ4v) is 1.37. The quantitative estimate of drug-likeness (QED) is 0.630. The Kier molecular flexibility index (Phi) is 4.12. The monoisotopic (exact) mass is 208 g/mol. The molecule has 0 saturated heterocycles. The van der Waals surface area contributed by atoms with Gasteiger partial charge in [-0.15, -0.1) is 0 Å². The molecular formula is C11H16N2O2. The molecule has 82 valence electrons. The van der Waals surface area contributed by atoms with Gasteiger partial charge in [0, 0.05) is 18.2 Å². The second-order valence-corrected chi connectivity index (χ2v) is 3.64. The van der Waals surface area contributed by atoms with E-state index in [1.165, 1.54) is 0 Å². The van der Waals surface area contributed by atoms with E-state index >= 15 is 0 Å². The lowest BCUT2D eigenvalue weighted by atomic mass is 10.0. The van der Waals surface area contributed by atoms with Crippen LogP contribution in [0.4, 0.5) is 5.69 Å². The van der Waals surface area contributed by atoms with E-state index < -0.39 is 5.97 Å². The highest BCUT2D eigenvalue weighted by Gasteiger charge is 2.06. The zero-order valence-corrected chi connectivity index (χ0v) is 8.52. The van der Waals surface area contributed by atoms with E-state index in [1.54, 1.807) is 0 Å². The van der Waals surface area contributed by atoms with Gasteiger partial charge >= 0.3 is 5.97 Å². The fourth-order valence-electron chi connectivity index (χ4n) is 1.37. The average molecular weight is 208 g/mol. The molecule has 0 radical (unpaired) electrons. The van der Waals surface area contributed by atoms with Gasteiger partial charge in [0.05, 0.1) is 0 Å². The molecular weight excluding hydrogens is 192 g/mol. The second-order valence-electron chi connectivity index (χ2n) is 3.64. The third-order valence-corrected chi connectivity index (χ3v) is 2.21. The topological polar surface area (TPSA) is 89.3 Å². The number of aliphatic carboxylic acids is 1. The van der Waals surface area contributed by atoms with E-state index in [2.05, 4.69) is 0 Å². The van der Waals surface area contributed by atoms with Crippen LogP contribution in [0.25, 0.3) is 0 Å². The Morgan fingerprint density at radius 1 is 1.33 bits per heavy atom. The first kappa shape index (κ1) is 11.5. The summed E-state index contributed by atoms with van der Waals surface area (Å²) in [6, 6.07) is 7.36. The Hall–Kier alpha value is -1.55. The number of carboxylic acid groups (broad SMARTS) is 1. The van der Waals surface area contributed by atoms with Gasteiger partial charge in [0.15, 0.2) is 0 Å². The number of nitrogen functional groups attached to an aromatic ring is 1. The molecule has 0 fully saturated rings. The molecule has 1 aromatic carbocycles. The average Bonchev–Trinajstić information content (AvgIpc) is 2.19. The van der Waals surface area contributed by atoms with Crippen LogP contribution in [0.5, 0.6) is 0 Å². The summed E-state index contributed by atoms with van der Waals surface area (Å²) < 4.78 is 0. The number of carbonyl (C=O) groups is 1. The van der Waals surface area contributed by atoms with Crippen LogP contribution in [-0.4, -0.2) is 17.1 Å². The predicted molar refractivity (Wildman–Crippen MR) is 59.4 cm³/mol. The van der Waals surface area contributed by atoms with Crippen molar-refractivity contribution in [2.75, 3.05) is 5.73 Å². The molecule has 15 heavy (non-hydrogen) atoms. The smallest absolute Gasteiger partial charge is 0.303 e. The standard InChI is InChI=1S/C11H16N2O2/c12-9-3-1-8(2-4-9)7-10(13)5-6-11(14)15/h1-4,10H,5-7,12-13H2,(H,14,15)/t10-/m1/s1. The highest BCUT2D eigenvalue weighted by atomic mass is 16.4. The molecule has 0 aliphatic rings. The molecule has 0 spiro atoms. The van der Waals surface area contributed by atoms with Crippen molar-refractivity contribution in [1.29, 1.82) is 0 Å². The molecule has 0 aliphatic carbocycles. The number of rotatable bonds is 5. The van der Waals surface area contributed by atoms with Gasteiger partial charge in [0.2, 0.25) is 0 Å². The molecule has 0 amide bonds. The van der Waals surface area contributed by atoms with Crippen molar-refractivity contribution < 1.29 is 9.90 Å². The van der Waals surface area contributed by atoms with E-state index in [9.17, 15) is 4.79 Å². The molecule has 4 heteroatoms. The number of hydrogen-bond donors (Lipinski definition) is 3. The molecule has 0 saturated carbocycles. The van der Waals surface area contributed by atoms with Crippen molar-refractivity contribution >= 4 is 11.7 Å². The summed E-state index contributed by atoms with van der Waals surface area (Å²) in [5, 5.41) is 8.49. The molecule has 0 aliphatic heterocycles. The molecule has 0 aromatic heterocycles. The summed E-state index contributed by atoms with van der Waals surface area (Å²) in [4.78, 5) is 10.3. The second kappa shape index (κ2) is 5.36. The van der Waals surface area contributed by atoms with Crippen molar-refractivity contribution in [1.82, 2.24) is 0 Å². The third kappa shape index (κ3) is 4.46. The van der Waals surface area contributed by atoms with Gasteiger partial charge < -0.3 is 16.6 Å². The van der Waals surface area contributed by atoms with E-state index in [0.29, 0.717) is 12.8 Å². The number of anilines is 1. The minimum Gasteiger partial charge on any atom is -0.481 e. The Balaban J connectivity index is 2.40. The SMILES string of the molecule is Nc1ccc(C[C@H](N)CCC(=O)O)cc1. The van der Waals surface area contributed by atoms with Crippen molar-refractivity contribution in [3.8, 4) is 0 Å². The van der Waals surface area contributed by atoms with E-state index in [-0.39, 0.29) is 12.5 Å². The largest absolute Gasteiger partial charge is 0.481 e. The Morgan fingerprint density at radius 2 is 1.93 bits per heavy atom. The fraction of sp³-hybridized carbons (Fsp3) is 0.364. The summed E-state index contributed by atoms with van der Waals surface area (Å²) >= 11 is 0. The maximum atomic E-state index is 10.3. The molecule has 1 aromatic rings. The first-order valence-corrected chi connectivity index (χ1v) is 4.89. The maximum Gasteiger partial charge on any atom is 0.303 e. The van der Waals surface area contributed by atoms with Gasteiger partial charge in [0.1, 0.15) is 0 Å². The molecule has 4 nitrogen and oxygen atoms in total. The van der Waals surface area contributed by atoms with Crippen LogP contribution in [0.1, 0.15) is 18.4 Å². The van der Waals surface area contributed by atoms with Crippen LogP contribution in [0.3, 0.4) is 0 Å². The molecule has 1 rings (SSSR count). The van der Waals surface area contributed by atoms with Crippen molar-refractivity contribution in [2.45, 2.75) is 25.3 Å². The van der Waals surface area contributed by atoms with E-state index in [4.69, 9.17) is 16.6 Å². The lowest BCUT2D eigenvalue weighted by Crippen LogP contribution is -2.23. The van der Waals surface area contributed by atoms with Crippen molar-refractivity contribution in [3.05, 3.63) is 29.8 Å². The van der Waals surface area contributed by atoms with Crippen LogP contribution in [-0.2, 0) is 11.2 Å². The van der Waals surface area contributed by atoms with Gasteiger partial charge in [-0.05, 0) is 30.5 Å². The van der Waals surface area contributed by atoms with Crippen LogP contribution >= 0.6 is 0 Å². The van der Waals surface area contributed by atoms with Gasteiger partial charge in [-0.1, -0.05) is 12.1 Å². The predicted octanol–water partition coefficient (Wildman–Crippen LogP) is 1.00. The first-order valence-electron chi connectivity index (χ1n) is 4.89. The summed E-state index contributed by atoms with van der Waals surface area (Å²) in [6.45, 7) is 0. The van der Waals surface area contributed by atoms with Crippen LogP contribution in [0.15, 0.2) is 24.3 Å². The summed E-state index contributed by atoms with van der Waals surface area (Å²) in [6.07, 6.45) is 1.31. The van der Waals surface area contributed by atoms with Crippen molar-refractivity contribution in [2.24, 2.45) is 5.73 Å².